The van der Waals surface area contributed by atoms with Gasteiger partial charge in [-0.3, -0.25) is 0 Å². The Bertz CT molecular complexity index is 353. The second-order valence-electron chi connectivity index (χ2n) is 2.86. The number of allylic oxidation sites excluding steroid dienone is 1. The summed E-state index contributed by atoms with van der Waals surface area (Å²) in [6, 6.07) is 9.58. The molecule has 0 saturated carbocycles. The summed E-state index contributed by atoms with van der Waals surface area (Å²) in [5.41, 5.74) is 0.911. The van der Waals surface area contributed by atoms with Crippen LogP contribution in [0.25, 0.3) is 5.03 Å². The third-order valence-electron chi connectivity index (χ3n) is 1.87. The van der Waals surface area contributed by atoms with E-state index in [4.69, 9.17) is 38.5 Å². The van der Waals surface area contributed by atoms with Crippen LogP contribution in [0.15, 0.2) is 34.0 Å². The molecule has 84 valence electrons. The number of benzene rings is 1. The van der Waals surface area contributed by atoms with E-state index >= 15 is 0 Å². The zero-order valence-corrected chi connectivity index (χ0v) is 13.4. The van der Waals surface area contributed by atoms with Crippen molar-refractivity contribution in [1.29, 1.82) is 0 Å². The molecule has 0 radical (unpaired) electrons. The van der Waals surface area contributed by atoms with Crippen molar-refractivity contribution < 1.29 is 0 Å². The van der Waals surface area contributed by atoms with Gasteiger partial charge in [0.05, 0.1) is 0 Å². The summed E-state index contributed by atoms with van der Waals surface area (Å²) >= 11 is 2.84. The summed E-state index contributed by atoms with van der Waals surface area (Å²) in [6.07, 6.45) is 0.686. The van der Waals surface area contributed by atoms with Crippen LogP contribution in [0.4, 0.5) is 0 Å². The van der Waals surface area contributed by atoms with Gasteiger partial charge in [-0.1, -0.05) is 0 Å². The molecule has 0 spiro atoms. The molecule has 0 unspecified atom stereocenters. The second kappa shape index (κ2) is 6.01. The van der Waals surface area contributed by atoms with E-state index in [-0.39, 0.29) is 0 Å². The van der Waals surface area contributed by atoms with Crippen LogP contribution in [0, 0.1) is 0 Å². The van der Waals surface area contributed by atoms with Crippen molar-refractivity contribution in [3.05, 3.63) is 39.5 Å². The molecule has 5 heteroatoms. The van der Waals surface area contributed by atoms with Crippen LogP contribution >= 0.6 is 38.5 Å². The first kappa shape index (κ1) is 14.0. The number of halogens is 4. The molecule has 0 aromatic heterocycles. The molecule has 0 fully saturated rings. The Labute approximate surface area is 110 Å². The third-order valence-corrected chi connectivity index (χ3v) is 9.42. The molecule has 0 N–H and O–H groups in total. The molecule has 0 aliphatic rings. The Balaban J connectivity index is 3.19. The predicted molar refractivity (Wildman–Crippen MR) is 72.8 cm³/mol. The molecular weight excluding hydrogens is 390 g/mol. The molecule has 1 rings (SSSR count). The van der Waals surface area contributed by atoms with Gasteiger partial charge < -0.3 is 0 Å². The summed E-state index contributed by atoms with van der Waals surface area (Å²) in [5.74, 6) is 0. The van der Waals surface area contributed by atoms with Gasteiger partial charge >= 0.3 is 111 Å². The van der Waals surface area contributed by atoms with Gasteiger partial charge in [-0.2, -0.15) is 0 Å². The van der Waals surface area contributed by atoms with Crippen molar-refractivity contribution in [2.45, 2.75) is 13.3 Å². The molecule has 0 amide bonds. The molecule has 1 aromatic rings. The first-order chi connectivity index (χ1) is 6.96. The van der Waals surface area contributed by atoms with Crippen LogP contribution < -0.4 is 0 Å². The van der Waals surface area contributed by atoms with Crippen molar-refractivity contribution in [3.8, 4) is 0 Å². The van der Waals surface area contributed by atoms with Crippen LogP contribution in [0.1, 0.15) is 18.9 Å². The predicted octanol–water partition coefficient (Wildman–Crippen LogP) is 5.24. The monoisotopic (exact) mass is 400 g/mol. The van der Waals surface area contributed by atoms with E-state index in [1.165, 1.54) is 0 Å². The Morgan fingerprint density at radius 2 is 1.67 bits per heavy atom. The molecule has 0 heterocycles. The first-order valence-corrected chi connectivity index (χ1v) is 14.7. The fourth-order valence-electron chi connectivity index (χ4n) is 1.17. The van der Waals surface area contributed by atoms with E-state index in [1.807, 2.05) is 37.3 Å². The SMILES string of the molecule is CC/C(=C(/Cl)c1ccccc1)[Te](Cl)(Cl)Cl. The van der Waals surface area contributed by atoms with Gasteiger partial charge in [-0.05, 0) is 0 Å². The van der Waals surface area contributed by atoms with Crippen LogP contribution in [0.2, 0.25) is 0 Å². The minimum absolute atomic E-state index is 0.597. The van der Waals surface area contributed by atoms with Gasteiger partial charge in [0.25, 0.3) is 0 Å². The first-order valence-electron chi connectivity index (χ1n) is 4.33. The average molecular weight is 400 g/mol. The van der Waals surface area contributed by atoms with E-state index in [0.29, 0.717) is 11.5 Å². The Kier molecular flexibility index (Phi) is 5.60. The molecule has 15 heavy (non-hydrogen) atoms. The Morgan fingerprint density at radius 3 is 2.07 bits per heavy atom. The van der Waals surface area contributed by atoms with Crippen LogP contribution in [-0.4, -0.2) is 14.8 Å². The fraction of sp³-hybridized carbons (Fsp3) is 0.200. The van der Waals surface area contributed by atoms with E-state index in [1.54, 1.807) is 0 Å². The van der Waals surface area contributed by atoms with E-state index in [9.17, 15) is 0 Å². The molecule has 0 nitrogen and oxygen atoms in total. The van der Waals surface area contributed by atoms with Crippen LogP contribution in [0.5, 0.6) is 0 Å². The molecule has 0 atom stereocenters. The number of hydrogen-bond donors (Lipinski definition) is 0. The van der Waals surface area contributed by atoms with Gasteiger partial charge in [0.15, 0.2) is 0 Å². The molecule has 0 aliphatic carbocycles. The topological polar surface area (TPSA) is 0 Å². The van der Waals surface area contributed by atoms with Crippen molar-refractivity contribution >= 4 is 58.3 Å². The van der Waals surface area contributed by atoms with E-state index in [0.717, 1.165) is 9.18 Å². The normalized spacial score (nSPS) is 14.7. The van der Waals surface area contributed by atoms with Gasteiger partial charge in [0, 0.05) is 0 Å². The fourth-order valence-corrected chi connectivity index (χ4v) is 8.60. The van der Waals surface area contributed by atoms with Crippen molar-refractivity contribution in [2.24, 2.45) is 0 Å². The Hall–Kier alpha value is 0.910. The molecular formula is C10H10Cl4Te. The molecule has 0 bridgehead atoms. The van der Waals surface area contributed by atoms with Gasteiger partial charge in [0.1, 0.15) is 0 Å². The second-order valence-corrected chi connectivity index (χ2v) is 19.5. The Morgan fingerprint density at radius 1 is 1.13 bits per heavy atom. The van der Waals surface area contributed by atoms with Crippen molar-refractivity contribution in [2.75, 3.05) is 0 Å². The third kappa shape index (κ3) is 4.00. The quantitative estimate of drug-likeness (QED) is 0.610. The average Bonchev–Trinajstić information content (AvgIpc) is 2.18. The maximum absolute atomic E-state index is 6.23. The number of hydrogen-bond acceptors (Lipinski definition) is 0. The summed E-state index contributed by atoms with van der Waals surface area (Å²) in [7, 11) is 18.1. The summed E-state index contributed by atoms with van der Waals surface area (Å²) in [4.78, 5) is 0. The van der Waals surface area contributed by atoms with Crippen LogP contribution in [-0.2, 0) is 0 Å². The van der Waals surface area contributed by atoms with Crippen LogP contribution in [0.3, 0.4) is 0 Å². The van der Waals surface area contributed by atoms with Gasteiger partial charge in [0.2, 0.25) is 0 Å². The van der Waals surface area contributed by atoms with E-state index in [2.05, 4.69) is 0 Å². The zero-order chi connectivity index (χ0) is 11.5. The molecule has 1 aromatic carbocycles. The van der Waals surface area contributed by atoms with Crippen molar-refractivity contribution in [3.63, 3.8) is 0 Å². The molecule has 0 saturated heterocycles. The summed E-state index contributed by atoms with van der Waals surface area (Å²) in [5, 5.41) is 0.597. The van der Waals surface area contributed by atoms with Gasteiger partial charge in [-0.15, -0.1) is 0 Å². The van der Waals surface area contributed by atoms with E-state index < -0.39 is 14.8 Å². The number of rotatable bonds is 3. The maximum atomic E-state index is 6.23. The zero-order valence-electron chi connectivity index (χ0n) is 8.01. The standard InChI is InChI=1S/C10H10Cl4Te/c1-2-9(15(12,13)14)10(11)8-6-4-3-5-7-8/h3-7H,2H2,1H3/b10-9-. The minimum atomic E-state index is -3.39. The van der Waals surface area contributed by atoms with Gasteiger partial charge in [-0.25, -0.2) is 0 Å². The summed E-state index contributed by atoms with van der Waals surface area (Å²) in [6.45, 7) is 1.95. The van der Waals surface area contributed by atoms with Crippen molar-refractivity contribution in [1.82, 2.24) is 0 Å². The summed E-state index contributed by atoms with van der Waals surface area (Å²) < 4.78 is 0.801. The molecule has 0 aliphatic heterocycles.